The van der Waals surface area contributed by atoms with E-state index in [0.717, 1.165) is 47.6 Å². The van der Waals surface area contributed by atoms with Gasteiger partial charge in [-0.15, -0.1) is 0 Å². The van der Waals surface area contributed by atoms with Crippen LogP contribution in [-0.4, -0.2) is 33.9 Å². The molecule has 1 aliphatic heterocycles. The second kappa shape index (κ2) is 7.43. The van der Waals surface area contributed by atoms with E-state index in [-0.39, 0.29) is 18.6 Å². The van der Waals surface area contributed by atoms with Crippen LogP contribution >= 0.6 is 0 Å². The third-order valence-corrected chi connectivity index (χ3v) is 5.19. The highest BCUT2D eigenvalue weighted by atomic mass is 16.5. The number of nitrogens with zero attached hydrogens (tertiary/aromatic N) is 2. The SMILES string of the molecule is CC(C)c1ccccc1OCC(=O)N1CCC[C@H]1c1nc2ccccc2[nH]1. The first-order chi connectivity index (χ1) is 13.1. The third-order valence-electron chi connectivity index (χ3n) is 5.19. The van der Waals surface area contributed by atoms with Crippen molar-refractivity contribution in [1.29, 1.82) is 0 Å². The van der Waals surface area contributed by atoms with Crippen LogP contribution in [0.1, 0.15) is 50.0 Å². The number of nitrogens with one attached hydrogen (secondary N) is 1. The molecule has 1 N–H and O–H groups in total. The predicted octanol–water partition coefficient (Wildman–Crippen LogP) is 4.43. The summed E-state index contributed by atoms with van der Waals surface area (Å²) in [6.45, 7) is 5.06. The Hall–Kier alpha value is -2.82. The molecule has 1 saturated heterocycles. The maximum Gasteiger partial charge on any atom is 0.261 e. The minimum atomic E-state index is -0.00570. The first-order valence-electron chi connectivity index (χ1n) is 9.59. The molecule has 1 fully saturated rings. The molecule has 1 atom stereocenters. The van der Waals surface area contributed by atoms with E-state index in [1.54, 1.807) is 0 Å². The molecule has 1 aromatic heterocycles. The molecule has 1 amide bonds. The molecule has 140 valence electrons. The number of benzene rings is 2. The molecule has 0 bridgehead atoms. The summed E-state index contributed by atoms with van der Waals surface area (Å²) < 4.78 is 5.89. The van der Waals surface area contributed by atoms with Gasteiger partial charge in [-0.25, -0.2) is 4.98 Å². The normalized spacial score (nSPS) is 17.0. The number of amides is 1. The number of aromatic amines is 1. The number of hydrogen-bond acceptors (Lipinski definition) is 3. The van der Waals surface area contributed by atoms with Crippen LogP contribution in [0.4, 0.5) is 0 Å². The van der Waals surface area contributed by atoms with Crippen molar-refractivity contribution < 1.29 is 9.53 Å². The van der Waals surface area contributed by atoms with E-state index in [0.29, 0.717) is 5.92 Å². The van der Waals surface area contributed by atoms with Gasteiger partial charge in [0.15, 0.2) is 6.61 Å². The lowest BCUT2D eigenvalue weighted by Crippen LogP contribution is -2.35. The van der Waals surface area contributed by atoms with Crippen molar-refractivity contribution in [1.82, 2.24) is 14.9 Å². The van der Waals surface area contributed by atoms with Crippen LogP contribution in [0, 0.1) is 0 Å². The number of carbonyl (C=O) groups excluding carboxylic acids is 1. The van der Waals surface area contributed by atoms with Gasteiger partial charge in [-0.3, -0.25) is 4.79 Å². The van der Waals surface area contributed by atoms with E-state index in [2.05, 4.69) is 24.9 Å². The van der Waals surface area contributed by atoms with Crippen LogP contribution in [0.3, 0.4) is 0 Å². The number of rotatable bonds is 5. The average molecular weight is 363 g/mol. The first-order valence-corrected chi connectivity index (χ1v) is 9.59. The Bertz CT molecular complexity index is 914. The summed E-state index contributed by atoms with van der Waals surface area (Å²) in [7, 11) is 0. The smallest absolute Gasteiger partial charge is 0.261 e. The van der Waals surface area contributed by atoms with Gasteiger partial charge in [0.05, 0.1) is 17.1 Å². The molecule has 2 heterocycles. The summed E-state index contributed by atoms with van der Waals surface area (Å²) in [5.41, 5.74) is 3.07. The molecule has 5 nitrogen and oxygen atoms in total. The van der Waals surface area contributed by atoms with Crippen molar-refractivity contribution in [3.05, 3.63) is 59.9 Å². The van der Waals surface area contributed by atoms with Crippen LogP contribution in [0.15, 0.2) is 48.5 Å². The largest absolute Gasteiger partial charge is 0.483 e. The Balaban J connectivity index is 1.48. The van der Waals surface area contributed by atoms with Gasteiger partial charge in [-0.1, -0.05) is 44.2 Å². The maximum atomic E-state index is 12.9. The maximum absolute atomic E-state index is 12.9. The number of H-pyrrole nitrogens is 1. The van der Waals surface area contributed by atoms with Gasteiger partial charge in [-0.05, 0) is 42.5 Å². The molecule has 1 aliphatic rings. The molecular formula is C22H25N3O2. The molecule has 5 heteroatoms. The Morgan fingerprint density at radius 1 is 1.22 bits per heavy atom. The lowest BCUT2D eigenvalue weighted by molar-refractivity contribution is -0.134. The zero-order valence-electron chi connectivity index (χ0n) is 15.8. The number of aromatic nitrogens is 2. The van der Waals surface area contributed by atoms with Crippen molar-refractivity contribution in [2.24, 2.45) is 0 Å². The molecule has 3 aromatic rings. The molecule has 0 radical (unpaired) electrons. The fourth-order valence-electron chi connectivity index (χ4n) is 3.79. The number of imidazole rings is 1. The standard InChI is InChI=1S/C22H25N3O2/c1-15(2)16-8-3-6-12-20(16)27-14-21(26)25-13-7-11-19(25)22-23-17-9-4-5-10-18(17)24-22/h3-6,8-10,12,15,19H,7,11,13-14H2,1-2H3,(H,23,24)/t19-/m0/s1. The van der Waals surface area contributed by atoms with Gasteiger partial charge >= 0.3 is 0 Å². The first kappa shape index (κ1) is 17.6. The van der Waals surface area contributed by atoms with Crippen LogP contribution in [0.2, 0.25) is 0 Å². The minimum absolute atomic E-state index is 0.00570. The lowest BCUT2D eigenvalue weighted by Gasteiger charge is -2.23. The lowest BCUT2D eigenvalue weighted by atomic mass is 10.0. The summed E-state index contributed by atoms with van der Waals surface area (Å²) in [6, 6.07) is 15.9. The highest BCUT2D eigenvalue weighted by Crippen LogP contribution is 2.32. The second-order valence-corrected chi connectivity index (χ2v) is 7.37. The summed E-state index contributed by atoms with van der Waals surface area (Å²) in [4.78, 5) is 22.8. The van der Waals surface area contributed by atoms with Gasteiger partial charge in [0, 0.05) is 6.54 Å². The third kappa shape index (κ3) is 3.54. The number of carbonyl (C=O) groups is 1. The van der Waals surface area contributed by atoms with E-state index in [4.69, 9.17) is 9.72 Å². The Kier molecular flexibility index (Phi) is 4.84. The van der Waals surface area contributed by atoms with Gasteiger partial charge in [0.25, 0.3) is 5.91 Å². The molecule has 4 rings (SSSR count). The topological polar surface area (TPSA) is 58.2 Å². The number of likely N-dealkylation sites (tertiary alicyclic amines) is 1. The van der Waals surface area contributed by atoms with Gasteiger partial charge in [0.2, 0.25) is 0 Å². The van der Waals surface area contributed by atoms with Crippen LogP contribution in [-0.2, 0) is 4.79 Å². The van der Waals surface area contributed by atoms with Gasteiger partial charge in [-0.2, -0.15) is 0 Å². The molecule has 0 spiro atoms. The number of ether oxygens (including phenoxy) is 1. The van der Waals surface area contributed by atoms with E-state index >= 15 is 0 Å². The summed E-state index contributed by atoms with van der Waals surface area (Å²) in [5, 5.41) is 0. The quantitative estimate of drug-likeness (QED) is 0.729. The fourth-order valence-corrected chi connectivity index (χ4v) is 3.79. The fraction of sp³-hybridized carbons (Fsp3) is 0.364. The van der Waals surface area contributed by atoms with Crippen LogP contribution in [0.25, 0.3) is 11.0 Å². The van der Waals surface area contributed by atoms with Gasteiger partial charge in [0.1, 0.15) is 11.6 Å². The van der Waals surface area contributed by atoms with Gasteiger partial charge < -0.3 is 14.6 Å². The second-order valence-electron chi connectivity index (χ2n) is 7.37. The van der Waals surface area contributed by atoms with E-state index in [9.17, 15) is 4.79 Å². The summed E-state index contributed by atoms with van der Waals surface area (Å²) in [5.74, 6) is 2.02. The average Bonchev–Trinajstić information content (AvgIpc) is 3.32. The number of hydrogen-bond donors (Lipinski definition) is 1. The monoisotopic (exact) mass is 363 g/mol. The molecule has 0 unspecified atom stereocenters. The molecule has 2 aromatic carbocycles. The minimum Gasteiger partial charge on any atom is -0.483 e. The Morgan fingerprint density at radius 3 is 2.81 bits per heavy atom. The zero-order chi connectivity index (χ0) is 18.8. The number of para-hydroxylation sites is 3. The van der Waals surface area contributed by atoms with Crippen LogP contribution < -0.4 is 4.74 Å². The summed E-state index contributed by atoms with van der Waals surface area (Å²) in [6.07, 6.45) is 1.91. The van der Waals surface area contributed by atoms with Crippen molar-refractivity contribution in [3.8, 4) is 5.75 Å². The molecule has 0 saturated carbocycles. The highest BCUT2D eigenvalue weighted by Gasteiger charge is 2.32. The van der Waals surface area contributed by atoms with E-state index in [1.165, 1.54) is 0 Å². The Morgan fingerprint density at radius 2 is 2.00 bits per heavy atom. The van der Waals surface area contributed by atoms with Crippen molar-refractivity contribution in [2.45, 2.75) is 38.6 Å². The van der Waals surface area contributed by atoms with Crippen molar-refractivity contribution >= 4 is 16.9 Å². The van der Waals surface area contributed by atoms with Crippen molar-refractivity contribution in [2.75, 3.05) is 13.2 Å². The van der Waals surface area contributed by atoms with Crippen molar-refractivity contribution in [3.63, 3.8) is 0 Å². The van der Waals surface area contributed by atoms with E-state index < -0.39 is 0 Å². The zero-order valence-corrected chi connectivity index (χ0v) is 15.8. The highest BCUT2D eigenvalue weighted by molar-refractivity contribution is 5.79. The van der Waals surface area contributed by atoms with Crippen LogP contribution in [0.5, 0.6) is 5.75 Å². The van der Waals surface area contributed by atoms with E-state index in [1.807, 2.05) is 47.4 Å². The summed E-state index contributed by atoms with van der Waals surface area (Å²) >= 11 is 0. The molecule has 0 aliphatic carbocycles. The number of fused-ring (bicyclic) bond motifs is 1. The Labute approximate surface area is 159 Å². The molecular weight excluding hydrogens is 338 g/mol. The molecule has 27 heavy (non-hydrogen) atoms. The predicted molar refractivity (Wildman–Crippen MR) is 106 cm³/mol.